The van der Waals surface area contributed by atoms with E-state index in [1.807, 2.05) is 27.7 Å². The maximum absolute atomic E-state index is 11.5. The van der Waals surface area contributed by atoms with Gasteiger partial charge in [0, 0.05) is 32.8 Å². The first kappa shape index (κ1) is 20.1. The Morgan fingerprint density at radius 1 is 1.33 bits per heavy atom. The van der Waals surface area contributed by atoms with E-state index in [1.54, 1.807) is 7.11 Å². The highest BCUT2D eigenvalue weighted by atomic mass is 16.6. The van der Waals surface area contributed by atoms with Gasteiger partial charge in [-0.3, -0.25) is 0 Å². The van der Waals surface area contributed by atoms with E-state index >= 15 is 0 Å². The van der Waals surface area contributed by atoms with Crippen molar-refractivity contribution < 1.29 is 19.4 Å². The maximum Gasteiger partial charge on any atom is 0.407 e. The van der Waals surface area contributed by atoms with Gasteiger partial charge in [0.25, 0.3) is 0 Å². The van der Waals surface area contributed by atoms with Gasteiger partial charge < -0.3 is 25.2 Å². The molecule has 0 fully saturated rings. The highest BCUT2D eigenvalue weighted by Crippen LogP contribution is 2.06. The molecule has 6 nitrogen and oxygen atoms in total. The highest BCUT2D eigenvalue weighted by molar-refractivity contribution is 5.67. The maximum atomic E-state index is 11.5. The smallest absolute Gasteiger partial charge is 0.407 e. The summed E-state index contributed by atoms with van der Waals surface area (Å²) in [6.07, 6.45) is 1.35. The Hall–Kier alpha value is -0.850. The van der Waals surface area contributed by atoms with Crippen LogP contribution in [0, 0.1) is 5.92 Å². The second-order valence-electron chi connectivity index (χ2n) is 6.42. The van der Waals surface area contributed by atoms with Gasteiger partial charge in [-0.25, -0.2) is 4.79 Å². The van der Waals surface area contributed by atoms with E-state index in [1.165, 1.54) is 0 Å². The van der Waals surface area contributed by atoms with E-state index in [0.29, 0.717) is 13.2 Å². The fraction of sp³-hybridized carbons (Fsp3) is 0.933. The number of aliphatic hydroxyl groups is 1. The minimum absolute atomic E-state index is 0.174. The highest BCUT2D eigenvalue weighted by Gasteiger charge is 2.15. The zero-order valence-corrected chi connectivity index (χ0v) is 14.1. The standard InChI is InChI=1S/C15H32N2O4/c1-12(10-18)9-17-13(11-20-5)7-6-8-16-14(19)21-15(2,3)4/h12-13,17-18H,6-11H2,1-5H3,(H,16,19). The van der Waals surface area contributed by atoms with E-state index in [9.17, 15) is 4.79 Å². The van der Waals surface area contributed by atoms with Gasteiger partial charge in [-0.05, 0) is 39.5 Å². The minimum Gasteiger partial charge on any atom is -0.444 e. The summed E-state index contributed by atoms with van der Waals surface area (Å²) < 4.78 is 10.3. The molecule has 0 aromatic carbocycles. The summed E-state index contributed by atoms with van der Waals surface area (Å²) in [7, 11) is 1.67. The Morgan fingerprint density at radius 3 is 2.52 bits per heavy atom. The Kier molecular flexibility index (Phi) is 10.4. The first-order valence-electron chi connectivity index (χ1n) is 7.58. The monoisotopic (exact) mass is 304 g/mol. The molecule has 1 amide bonds. The molecule has 3 N–H and O–H groups in total. The molecule has 2 atom stereocenters. The number of nitrogens with one attached hydrogen (secondary N) is 2. The van der Waals surface area contributed by atoms with Crippen molar-refractivity contribution in [2.45, 2.75) is 52.2 Å². The third kappa shape index (κ3) is 12.6. The van der Waals surface area contributed by atoms with Gasteiger partial charge in [0.05, 0.1) is 6.61 Å². The largest absolute Gasteiger partial charge is 0.444 e. The molecule has 0 aliphatic heterocycles. The van der Waals surface area contributed by atoms with E-state index in [2.05, 4.69) is 10.6 Å². The van der Waals surface area contributed by atoms with Gasteiger partial charge in [0.2, 0.25) is 0 Å². The van der Waals surface area contributed by atoms with Crippen LogP contribution >= 0.6 is 0 Å². The predicted molar refractivity (Wildman–Crippen MR) is 83.4 cm³/mol. The summed E-state index contributed by atoms with van der Waals surface area (Å²) >= 11 is 0. The first-order valence-corrected chi connectivity index (χ1v) is 7.58. The SMILES string of the molecule is COCC(CCCNC(=O)OC(C)(C)C)NCC(C)CO. The molecule has 0 rings (SSSR count). The quantitative estimate of drug-likeness (QED) is 0.533. The van der Waals surface area contributed by atoms with Gasteiger partial charge in [-0.2, -0.15) is 0 Å². The van der Waals surface area contributed by atoms with Crippen molar-refractivity contribution >= 4 is 6.09 Å². The summed E-state index contributed by atoms with van der Waals surface area (Å²) in [5.74, 6) is 0.226. The number of amides is 1. The van der Waals surface area contributed by atoms with Crippen molar-refractivity contribution in [3.8, 4) is 0 Å². The van der Waals surface area contributed by atoms with Crippen molar-refractivity contribution in [1.29, 1.82) is 0 Å². The van der Waals surface area contributed by atoms with Crippen LogP contribution in [-0.4, -0.2) is 56.3 Å². The number of alkyl carbamates (subject to hydrolysis) is 1. The van der Waals surface area contributed by atoms with Crippen molar-refractivity contribution in [2.75, 3.05) is 33.4 Å². The van der Waals surface area contributed by atoms with Crippen LogP contribution in [0.1, 0.15) is 40.5 Å². The number of rotatable bonds is 10. The number of hydrogen-bond donors (Lipinski definition) is 3. The summed E-state index contributed by atoms with van der Waals surface area (Å²) in [6.45, 7) is 9.63. The second kappa shape index (κ2) is 10.8. The van der Waals surface area contributed by atoms with Crippen LogP contribution < -0.4 is 10.6 Å². The lowest BCUT2D eigenvalue weighted by atomic mass is 10.1. The van der Waals surface area contributed by atoms with Crippen LogP contribution in [0.3, 0.4) is 0 Å². The van der Waals surface area contributed by atoms with Gasteiger partial charge in [-0.1, -0.05) is 6.92 Å². The molecule has 6 heteroatoms. The lowest BCUT2D eigenvalue weighted by molar-refractivity contribution is 0.0526. The number of carbonyl (C=O) groups excluding carboxylic acids is 1. The summed E-state index contributed by atoms with van der Waals surface area (Å²) in [5.41, 5.74) is -0.468. The molecule has 0 spiro atoms. The lowest BCUT2D eigenvalue weighted by Gasteiger charge is -2.21. The molecule has 0 radical (unpaired) electrons. The zero-order chi connectivity index (χ0) is 16.3. The minimum atomic E-state index is -0.468. The average Bonchev–Trinajstić information content (AvgIpc) is 2.38. The molecule has 0 saturated heterocycles. The van der Waals surface area contributed by atoms with Crippen LogP contribution in [0.15, 0.2) is 0 Å². The molecular formula is C15H32N2O4. The molecule has 0 saturated carbocycles. The molecule has 0 bridgehead atoms. The van der Waals surface area contributed by atoms with Crippen LogP contribution in [0.4, 0.5) is 4.79 Å². The summed E-state index contributed by atoms with van der Waals surface area (Å²) in [5, 5.41) is 15.1. The van der Waals surface area contributed by atoms with Crippen molar-refractivity contribution in [3.05, 3.63) is 0 Å². The van der Waals surface area contributed by atoms with Crippen molar-refractivity contribution in [1.82, 2.24) is 10.6 Å². The molecule has 0 heterocycles. The van der Waals surface area contributed by atoms with E-state index in [4.69, 9.17) is 14.6 Å². The molecule has 21 heavy (non-hydrogen) atoms. The molecular weight excluding hydrogens is 272 g/mol. The summed E-state index contributed by atoms with van der Waals surface area (Å²) in [4.78, 5) is 11.5. The molecule has 0 aromatic heterocycles. The predicted octanol–water partition coefficient (Wildman–Crippen LogP) is 1.52. The molecule has 0 aliphatic rings. The Balaban J connectivity index is 3.85. The van der Waals surface area contributed by atoms with Crippen LogP contribution in [0.2, 0.25) is 0 Å². The number of aliphatic hydroxyl groups excluding tert-OH is 1. The third-order valence-electron chi connectivity index (χ3n) is 2.83. The average molecular weight is 304 g/mol. The fourth-order valence-corrected chi connectivity index (χ4v) is 1.73. The summed E-state index contributed by atoms with van der Waals surface area (Å²) in [6, 6.07) is 0.226. The van der Waals surface area contributed by atoms with Gasteiger partial charge in [0.15, 0.2) is 0 Å². The van der Waals surface area contributed by atoms with E-state index in [0.717, 1.165) is 19.4 Å². The van der Waals surface area contributed by atoms with Crippen LogP contribution in [0.25, 0.3) is 0 Å². The fourth-order valence-electron chi connectivity index (χ4n) is 1.73. The zero-order valence-electron chi connectivity index (χ0n) is 14.1. The van der Waals surface area contributed by atoms with Gasteiger partial charge >= 0.3 is 6.09 Å². The number of methoxy groups -OCH3 is 1. The topological polar surface area (TPSA) is 79.8 Å². The molecule has 2 unspecified atom stereocenters. The number of carbonyl (C=O) groups is 1. The molecule has 126 valence electrons. The Bertz CT molecular complexity index is 279. The van der Waals surface area contributed by atoms with Crippen molar-refractivity contribution in [3.63, 3.8) is 0 Å². The Morgan fingerprint density at radius 2 is 2.00 bits per heavy atom. The van der Waals surface area contributed by atoms with E-state index in [-0.39, 0.29) is 24.7 Å². The molecule has 0 aliphatic carbocycles. The van der Waals surface area contributed by atoms with Crippen LogP contribution in [0.5, 0.6) is 0 Å². The Labute approximate surface area is 128 Å². The van der Waals surface area contributed by atoms with Crippen LogP contribution in [-0.2, 0) is 9.47 Å². The third-order valence-corrected chi connectivity index (χ3v) is 2.83. The van der Waals surface area contributed by atoms with Gasteiger partial charge in [-0.15, -0.1) is 0 Å². The lowest BCUT2D eigenvalue weighted by Crippen LogP contribution is -2.38. The molecule has 0 aromatic rings. The second-order valence-corrected chi connectivity index (χ2v) is 6.42. The number of ether oxygens (including phenoxy) is 2. The van der Waals surface area contributed by atoms with E-state index < -0.39 is 5.60 Å². The normalized spacial score (nSPS) is 14.6. The van der Waals surface area contributed by atoms with Crippen molar-refractivity contribution in [2.24, 2.45) is 5.92 Å². The number of hydrogen-bond acceptors (Lipinski definition) is 5. The first-order chi connectivity index (χ1) is 9.78. The van der Waals surface area contributed by atoms with Gasteiger partial charge in [0.1, 0.15) is 5.60 Å².